The Morgan fingerprint density at radius 1 is 1.33 bits per heavy atom. The lowest BCUT2D eigenvalue weighted by Crippen LogP contribution is -2.42. The monoisotopic (exact) mass is 254 g/mol. The molecule has 0 radical (unpaired) electrons. The number of carbonyl (C=O) groups excluding carboxylic acids is 1. The summed E-state index contributed by atoms with van der Waals surface area (Å²) < 4.78 is 0. The number of carbonyl (C=O) groups is 1. The van der Waals surface area contributed by atoms with Crippen molar-refractivity contribution in [3.8, 4) is 0 Å². The molecule has 1 rings (SSSR count). The Labute approximate surface area is 112 Å². The van der Waals surface area contributed by atoms with Crippen molar-refractivity contribution in [2.45, 2.75) is 73.0 Å². The topological polar surface area (TPSA) is 32.3 Å². The van der Waals surface area contributed by atoms with E-state index in [4.69, 9.17) is 0 Å². The standard InChI is InChI=1S/C15H30N2O/c1-7-9-13-16-12(8-2)14(18)17(13)10-11(3)15(4,5)6/h11-13,16H,7-10H2,1-6H3. The highest BCUT2D eigenvalue weighted by Crippen LogP contribution is 2.28. The highest BCUT2D eigenvalue weighted by molar-refractivity contribution is 5.84. The second kappa shape index (κ2) is 6.05. The van der Waals surface area contributed by atoms with Crippen molar-refractivity contribution in [1.82, 2.24) is 10.2 Å². The lowest BCUT2D eigenvalue weighted by Gasteiger charge is -2.33. The third-order valence-corrected chi connectivity index (χ3v) is 4.27. The molecule has 1 aliphatic heterocycles. The van der Waals surface area contributed by atoms with E-state index in [2.05, 4.69) is 51.8 Å². The predicted octanol–water partition coefficient (Wildman–Crippen LogP) is 3.01. The average Bonchev–Trinajstić information content (AvgIpc) is 2.56. The molecule has 1 heterocycles. The van der Waals surface area contributed by atoms with Crippen molar-refractivity contribution < 1.29 is 4.79 Å². The fourth-order valence-corrected chi connectivity index (χ4v) is 2.34. The minimum atomic E-state index is 0.0359. The molecule has 3 heteroatoms. The highest BCUT2D eigenvalue weighted by atomic mass is 16.2. The van der Waals surface area contributed by atoms with Crippen LogP contribution in [0.5, 0.6) is 0 Å². The second-order valence-electron chi connectivity index (χ2n) is 6.69. The molecule has 0 aromatic rings. The summed E-state index contributed by atoms with van der Waals surface area (Å²) in [6.45, 7) is 14.1. The van der Waals surface area contributed by atoms with Crippen LogP contribution in [0.2, 0.25) is 0 Å². The molecular formula is C15H30N2O. The van der Waals surface area contributed by atoms with Crippen LogP contribution in [0.1, 0.15) is 60.8 Å². The highest BCUT2D eigenvalue weighted by Gasteiger charge is 2.38. The van der Waals surface area contributed by atoms with E-state index >= 15 is 0 Å². The molecule has 0 aromatic carbocycles. The zero-order chi connectivity index (χ0) is 13.9. The molecule has 1 fully saturated rings. The van der Waals surface area contributed by atoms with Gasteiger partial charge in [0.05, 0.1) is 12.2 Å². The van der Waals surface area contributed by atoms with Gasteiger partial charge in [-0.1, -0.05) is 48.0 Å². The van der Waals surface area contributed by atoms with Gasteiger partial charge >= 0.3 is 0 Å². The van der Waals surface area contributed by atoms with Crippen LogP contribution < -0.4 is 5.32 Å². The molecule has 1 N–H and O–H groups in total. The van der Waals surface area contributed by atoms with Crippen LogP contribution >= 0.6 is 0 Å². The summed E-state index contributed by atoms with van der Waals surface area (Å²) in [4.78, 5) is 14.4. The summed E-state index contributed by atoms with van der Waals surface area (Å²) in [6.07, 6.45) is 3.30. The van der Waals surface area contributed by atoms with E-state index in [9.17, 15) is 4.79 Å². The third-order valence-electron chi connectivity index (χ3n) is 4.27. The maximum absolute atomic E-state index is 12.3. The van der Waals surface area contributed by atoms with E-state index in [1.807, 2.05) is 0 Å². The number of hydrogen-bond donors (Lipinski definition) is 1. The van der Waals surface area contributed by atoms with Crippen LogP contribution in [0.4, 0.5) is 0 Å². The van der Waals surface area contributed by atoms with Crippen molar-refractivity contribution >= 4 is 5.91 Å². The van der Waals surface area contributed by atoms with Gasteiger partial charge in [0.15, 0.2) is 0 Å². The first-order chi connectivity index (χ1) is 8.31. The Bertz CT molecular complexity index is 283. The summed E-state index contributed by atoms with van der Waals surface area (Å²) in [5, 5.41) is 3.47. The molecule has 0 spiro atoms. The van der Waals surface area contributed by atoms with Gasteiger partial charge < -0.3 is 4.90 Å². The molecule has 1 amide bonds. The van der Waals surface area contributed by atoms with E-state index in [0.29, 0.717) is 11.8 Å². The maximum Gasteiger partial charge on any atom is 0.241 e. The number of amides is 1. The Balaban J connectivity index is 2.73. The first-order valence-corrected chi connectivity index (χ1v) is 7.37. The third kappa shape index (κ3) is 3.47. The van der Waals surface area contributed by atoms with Gasteiger partial charge in [0.2, 0.25) is 5.91 Å². The van der Waals surface area contributed by atoms with E-state index in [1.165, 1.54) is 0 Å². The number of nitrogens with zero attached hydrogens (tertiary/aromatic N) is 1. The van der Waals surface area contributed by atoms with Gasteiger partial charge in [0.1, 0.15) is 0 Å². The summed E-state index contributed by atoms with van der Waals surface area (Å²) in [5.74, 6) is 0.810. The lowest BCUT2D eigenvalue weighted by atomic mass is 9.81. The molecule has 0 bridgehead atoms. The van der Waals surface area contributed by atoms with Gasteiger partial charge in [0, 0.05) is 6.54 Å². The van der Waals surface area contributed by atoms with Crippen molar-refractivity contribution in [1.29, 1.82) is 0 Å². The second-order valence-corrected chi connectivity index (χ2v) is 6.69. The fourth-order valence-electron chi connectivity index (χ4n) is 2.34. The van der Waals surface area contributed by atoms with Gasteiger partial charge in [-0.15, -0.1) is 0 Å². The molecule has 1 aliphatic rings. The van der Waals surface area contributed by atoms with Crippen LogP contribution in [-0.4, -0.2) is 29.6 Å². The molecule has 18 heavy (non-hydrogen) atoms. The average molecular weight is 254 g/mol. The van der Waals surface area contributed by atoms with Gasteiger partial charge in [-0.05, 0) is 24.2 Å². The largest absolute Gasteiger partial charge is 0.326 e. The summed E-state index contributed by atoms with van der Waals surface area (Å²) in [5.41, 5.74) is 0.251. The fraction of sp³-hybridized carbons (Fsp3) is 0.933. The Hall–Kier alpha value is -0.570. The minimum Gasteiger partial charge on any atom is -0.326 e. The van der Waals surface area contributed by atoms with E-state index in [1.54, 1.807) is 0 Å². The van der Waals surface area contributed by atoms with Gasteiger partial charge in [0.25, 0.3) is 0 Å². The van der Waals surface area contributed by atoms with E-state index in [-0.39, 0.29) is 17.6 Å². The van der Waals surface area contributed by atoms with Crippen LogP contribution in [0.15, 0.2) is 0 Å². The molecule has 3 nitrogen and oxygen atoms in total. The molecule has 0 aliphatic carbocycles. The maximum atomic E-state index is 12.3. The smallest absolute Gasteiger partial charge is 0.241 e. The SMILES string of the molecule is CCCC1NC(CC)C(=O)N1CC(C)C(C)(C)C. The molecule has 3 unspecified atom stereocenters. The summed E-state index contributed by atoms with van der Waals surface area (Å²) in [7, 11) is 0. The molecule has 1 saturated heterocycles. The first-order valence-electron chi connectivity index (χ1n) is 7.37. The van der Waals surface area contributed by atoms with Crippen molar-refractivity contribution in [2.24, 2.45) is 11.3 Å². The number of nitrogens with one attached hydrogen (secondary N) is 1. The zero-order valence-electron chi connectivity index (χ0n) is 12.9. The normalized spacial score (nSPS) is 26.8. The van der Waals surface area contributed by atoms with E-state index in [0.717, 1.165) is 25.8 Å². The lowest BCUT2D eigenvalue weighted by molar-refractivity contribution is -0.131. The van der Waals surface area contributed by atoms with Crippen molar-refractivity contribution in [2.75, 3.05) is 6.54 Å². The zero-order valence-corrected chi connectivity index (χ0v) is 12.9. The number of rotatable bonds is 5. The molecule has 0 saturated carbocycles. The van der Waals surface area contributed by atoms with Gasteiger partial charge in [-0.3, -0.25) is 10.1 Å². The number of hydrogen-bond acceptors (Lipinski definition) is 2. The van der Waals surface area contributed by atoms with Gasteiger partial charge in [-0.25, -0.2) is 0 Å². The minimum absolute atomic E-state index is 0.0359. The predicted molar refractivity (Wildman–Crippen MR) is 76.2 cm³/mol. The van der Waals surface area contributed by atoms with Gasteiger partial charge in [-0.2, -0.15) is 0 Å². The van der Waals surface area contributed by atoms with Crippen LogP contribution in [0, 0.1) is 11.3 Å². The molecule has 0 aromatic heterocycles. The van der Waals surface area contributed by atoms with Crippen LogP contribution in [0.3, 0.4) is 0 Å². The quantitative estimate of drug-likeness (QED) is 0.818. The Morgan fingerprint density at radius 2 is 1.94 bits per heavy atom. The Morgan fingerprint density at radius 3 is 2.39 bits per heavy atom. The summed E-state index contributed by atoms with van der Waals surface area (Å²) in [6, 6.07) is 0.0359. The molecule has 3 atom stereocenters. The van der Waals surface area contributed by atoms with Crippen molar-refractivity contribution in [3.63, 3.8) is 0 Å². The van der Waals surface area contributed by atoms with E-state index < -0.39 is 0 Å². The van der Waals surface area contributed by atoms with Crippen LogP contribution in [-0.2, 0) is 4.79 Å². The molecule has 106 valence electrons. The summed E-state index contributed by atoms with van der Waals surface area (Å²) >= 11 is 0. The van der Waals surface area contributed by atoms with Crippen LogP contribution in [0.25, 0.3) is 0 Å². The first kappa shape index (κ1) is 15.5. The van der Waals surface area contributed by atoms with Crippen molar-refractivity contribution in [3.05, 3.63) is 0 Å². The Kier molecular flexibility index (Phi) is 5.20. The molecular weight excluding hydrogens is 224 g/mol.